The van der Waals surface area contributed by atoms with E-state index in [1.807, 2.05) is 0 Å². The molecule has 1 aromatic carbocycles. The van der Waals surface area contributed by atoms with E-state index in [0.29, 0.717) is 6.42 Å². The third kappa shape index (κ3) is 4.99. The molecule has 0 heterocycles. The molecule has 6 heteroatoms. The molecule has 0 radical (unpaired) electrons. The molecule has 1 N–H and O–H groups in total. The molecule has 2 rings (SSSR count). The first-order valence-electron chi connectivity index (χ1n) is 8.20. The molecule has 1 fully saturated rings. The minimum atomic E-state index is -3.48. The molecule has 1 saturated carbocycles. The molecular weight excluding hydrogens is 319 g/mol. The van der Waals surface area contributed by atoms with E-state index in [0.717, 1.165) is 24.8 Å². The van der Waals surface area contributed by atoms with Gasteiger partial charge >= 0.3 is 0 Å². The second kappa shape index (κ2) is 8.22. The molecule has 130 valence electrons. The van der Waals surface area contributed by atoms with Crippen molar-refractivity contribution in [3.63, 3.8) is 0 Å². The number of hydrogen-bond donors (Lipinski definition) is 1. The van der Waals surface area contributed by atoms with E-state index in [-0.39, 0.29) is 42.5 Å². The van der Waals surface area contributed by atoms with Crippen LogP contribution in [-0.4, -0.2) is 32.5 Å². The van der Waals surface area contributed by atoms with Crippen molar-refractivity contribution >= 4 is 10.1 Å². The summed E-state index contributed by atoms with van der Waals surface area (Å²) >= 11 is 0. The van der Waals surface area contributed by atoms with Gasteiger partial charge in [-0.3, -0.25) is 4.18 Å². The van der Waals surface area contributed by atoms with E-state index in [1.54, 1.807) is 19.1 Å². The Morgan fingerprint density at radius 2 is 1.96 bits per heavy atom. The van der Waals surface area contributed by atoms with Crippen molar-refractivity contribution in [2.75, 3.05) is 19.0 Å². The second-order valence-electron chi connectivity index (χ2n) is 6.24. The van der Waals surface area contributed by atoms with Crippen LogP contribution >= 0.6 is 0 Å². The fraction of sp³-hybridized carbons (Fsp3) is 0.647. The van der Waals surface area contributed by atoms with Crippen molar-refractivity contribution in [3.8, 4) is 0 Å². The Morgan fingerprint density at radius 1 is 1.26 bits per heavy atom. The lowest BCUT2D eigenvalue weighted by molar-refractivity contribution is 0.0806. The lowest BCUT2D eigenvalue weighted by Gasteiger charge is -2.37. The summed E-state index contributed by atoms with van der Waals surface area (Å²) in [7, 11) is -3.48. The zero-order valence-electron chi connectivity index (χ0n) is 13.4. The predicted octanol–water partition coefficient (Wildman–Crippen LogP) is 3.07. The largest absolute Gasteiger partial charge is 0.396 e. The fourth-order valence-electron chi connectivity index (χ4n) is 3.46. The van der Waals surface area contributed by atoms with Crippen LogP contribution in [0.25, 0.3) is 0 Å². The minimum Gasteiger partial charge on any atom is -0.396 e. The highest BCUT2D eigenvalue weighted by molar-refractivity contribution is 7.86. The Morgan fingerprint density at radius 3 is 2.57 bits per heavy atom. The van der Waals surface area contributed by atoms with Gasteiger partial charge in [0, 0.05) is 6.61 Å². The highest BCUT2D eigenvalue weighted by atomic mass is 32.2. The van der Waals surface area contributed by atoms with Crippen molar-refractivity contribution in [3.05, 3.63) is 35.6 Å². The van der Waals surface area contributed by atoms with Crippen LogP contribution in [0.5, 0.6) is 0 Å². The molecule has 0 spiro atoms. The van der Waals surface area contributed by atoms with Gasteiger partial charge in [0.05, 0.1) is 12.4 Å². The molecule has 4 nitrogen and oxygen atoms in total. The summed E-state index contributed by atoms with van der Waals surface area (Å²) < 4.78 is 41.7. The van der Waals surface area contributed by atoms with Crippen LogP contribution in [0.15, 0.2) is 24.3 Å². The second-order valence-corrected chi connectivity index (χ2v) is 8.00. The molecule has 23 heavy (non-hydrogen) atoms. The Labute approximate surface area is 137 Å². The first-order valence-corrected chi connectivity index (χ1v) is 9.78. The van der Waals surface area contributed by atoms with E-state index in [1.165, 1.54) is 12.1 Å². The smallest absolute Gasteiger partial charge is 0.267 e. The minimum absolute atomic E-state index is 0.00423. The maximum Gasteiger partial charge on any atom is 0.267 e. The van der Waals surface area contributed by atoms with Gasteiger partial charge in [-0.15, -0.1) is 0 Å². The number of aliphatic hydroxyl groups excluding tert-OH is 1. The number of aliphatic hydroxyl groups is 1. The predicted molar refractivity (Wildman–Crippen MR) is 87.1 cm³/mol. The van der Waals surface area contributed by atoms with Crippen LogP contribution in [-0.2, 0) is 14.3 Å². The van der Waals surface area contributed by atoms with Crippen molar-refractivity contribution in [1.82, 2.24) is 0 Å². The summed E-state index contributed by atoms with van der Waals surface area (Å²) in [5, 5.41) is 9.80. The average molecular weight is 344 g/mol. The molecule has 0 saturated heterocycles. The lowest BCUT2D eigenvalue weighted by atomic mass is 9.70. The number of hydrogen-bond acceptors (Lipinski definition) is 4. The summed E-state index contributed by atoms with van der Waals surface area (Å²) in [4.78, 5) is 0. The standard InChI is InChI=1S/C17H25FO4S/c1-2-10-23(20,21)22-12-14-4-3-5-16(17(14)11-19)13-6-8-15(18)9-7-13/h6-9,14,16-17,19H,2-5,10-12H2,1H3/t14-,16+,17-/m1/s1. The Bertz CT molecular complexity index is 585. The monoisotopic (exact) mass is 344 g/mol. The number of rotatable bonds is 7. The molecule has 0 unspecified atom stereocenters. The van der Waals surface area contributed by atoms with Crippen LogP contribution in [0.3, 0.4) is 0 Å². The molecule has 1 aliphatic carbocycles. The van der Waals surface area contributed by atoms with Gasteiger partial charge in [0.25, 0.3) is 10.1 Å². The van der Waals surface area contributed by atoms with Crippen molar-refractivity contribution < 1.29 is 22.1 Å². The van der Waals surface area contributed by atoms with Gasteiger partial charge in [-0.1, -0.05) is 25.5 Å². The summed E-state index contributed by atoms with van der Waals surface area (Å²) in [5.74, 6) is -0.223. The van der Waals surface area contributed by atoms with E-state index < -0.39 is 10.1 Å². The molecule has 1 aliphatic rings. The van der Waals surface area contributed by atoms with E-state index in [4.69, 9.17) is 4.18 Å². The maximum absolute atomic E-state index is 13.1. The van der Waals surface area contributed by atoms with Crippen molar-refractivity contribution in [1.29, 1.82) is 0 Å². The quantitative estimate of drug-likeness (QED) is 0.772. The fourth-order valence-corrected chi connectivity index (χ4v) is 4.46. The van der Waals surface area contributed by atoms with Gasteiger partial charge in [-0.05, 0) is 54.7 Å². The normalized spacial score (nSPS) is 25.4. The van der Waals surface area contributed by atoms with Crippen LogP contribution in [0.2, 0.25) is 0 Å². The Kier molecular flexibility index (Phi) is 6.56. The van der Waals surface area contributed by atoms with Crippen molar-refractivity contribution in [2.24, 2.45) is 11.8 Å². The van der Waals surface area contributed by atoms with Crippen LogP contribution in [0.1, 0.15) is 44.1 Å². The summed E-state index contributed by atoms with van der Waals surface area (Å²) in [6, 6.07) is 6.35. The zero-order valence-corrected chi connectivity index (χ0v) is 14.3. The Balaban J connectivity index is 2.07. The maximum atomic E-state index is 13.1. The third-order valence-electron chi connectivity index (χ3n) is 4.64. The topological polar surface area (TPSA) is 63.6 Å². The molecule has 0 bridgehead atoms. The van der Waals surface area contributed by atoms with Crippen LogP contribution in [0.4, 0.5) is 4.39 Å². The van der Waals surface area contributed by atoms with Gasteiger partial charge < -0.3 is 5.11 Å². The van der Waals surface area contributed by atoms with Gasteiger partial charge in [0.1, 0.15) is 5.82 Å². The van der Waals surface area contributed by atoms with E-state index >= 15 is 0 Å². The van der Waals surface area contributed by atoms with Crippen LogP contribution in [0, 0.1) is 17.7 Å². The number of halogens is 1. The van der Waals surface area contributed by atoms with Gasteiger partial charge in [-0.2, -0.15) is 8.42 Å². The molecular formula is C17H25FO4S. The van der Waals surface area contributed by atoms with E-state index in [9.17, 15) is 17.9 Å². The Hall–Kier alpha value is -0.980. The lowest BCUT2D eigenvalue weighted by Crippen LogP contribution is -2.33. The van der Waals surface area contributed by atoms with Crippen LogP contribution < -0.4 is 0 Å². The molecule has 1 aromatic rings. The van der Waals surface area contributed by atoms with Gasteiger partial charge in [0.2, 0.25) is 0 Å². The SMILES string of the molecule is CCCS(=O)(=O)OC[C@H]1CCC[C@@H](c2ccc(F)cc2)[C@@H]1CO. The average Bonchev–Trinajstić information content (AvgIpc) is 2.53. The van der Waals surface area contributed by atoms with Gasteiger partial charge in [-0.25, -0.2) is 4.39 Å². The first-order chi connectivity index (χ1) is 11.0. The van der Waals surface area contributed by atoms with E-state index in [2.05, 4.69) is 0 Å². The number of benzene rings is 1. The summed E-state index contributed by atoms with van der Waals surface area (Å²) in [5.41, 5.74) is 0.992. The van der Waals surface area contributed by atoms with Gasteiger partial charge in [0.15, 0.2) is 0 Å². The summed E-state index contributed by atoms with van der Waals surface area (Å²) in [6.45, 7) is 1.89. The highest BCUT2D eigenvalue weighted by Crippen LogP contribution is 2.41. The third-order valence-corrected chi connectivity index (χ3v) is 6.04. The summed E-state index contributed by atoms with van der Waals surface area (Å²) in [6.07, 6.45) is 3.22. The highest BCUT2D eigenvalue weighted by Gasteiger charge is 2.34. The molecule has 0 aromatic heterocycles. The molecule has 0 amide bonds. The van der Waals surface area contributed by atoms with Crippen molar-refractivity contribution in [2.45, 2.75) is 38.5 Å². The molecule has 0 aliphatic heterocycles. The zero-order chi connectivity index (χ0) is 16.9. The first kappa shape index (κ1) is 18.4. The molecule has 3 atom stereocenters.